The highest BCUT2D eigenvalue weighted by atomic mass is 79.9. The molecule has 36 heavy (non-hydrogen) atoms. The molecule has 3 rings (SSSR count). The van der Waals surface area contributed by atoms with Gasteiger partial charge in [0.25, 0.3) is 0 Å². The molecule has 3 aromatic rings. The van der Waals surface area contributed by atoms with Gasteiger partial charge in [-0.05, 0) is 13.0 Å². The highest BCUT2D eigenvalue weighted by Crippen LogP contribution is 2.44. The van der Waals surface area contributed by atoms with Gasteiger partial charge in [-0.1, -0.05) is 90.0 Å². The zero-order valence-corrected chi connectivity index (χ0v) is 23.5. The highest BCUT2D eigenvalue weighted by Gasteiger charge is 2.43. The van der Waals surface area contributed by atoms with Crippen LogP contribution in [0.2, 0.25) is 5.02 Å². The molecule has 0 aliphatic carbocycles. The van der Waals surface area contributed by atoms with Crippen molar-refractivity contribution in [1.29, 1.82) is 0 Å². The van der Waals surface area contributed by atoms with Crippen LogP contribution in [-0.2, 0) is 27.6 Å². The Labute approximate surface area is 233 Å². The van der Waals surface area contributed by atoms with Crippen molar-refractivity contribution in [2.45, 2.75) is 25.0 Å². The summed E-state index contributed by atoms with van der Waals surface area (Å²) in [7, 11) is 0. The van der Waals surface area contributed by atoms with E-state index in [9.17, 15) is 9.59 Å². The minimum Gasteiger partial charge on any atom is -0.444 e. The van der Waals surface area contributed by atoms with Crippen LogP contribution in [0.3, 0.4) is 0 Å². The monoisotopic (exact) mass is 637 g/mol. The van der Waals surface area contributed by atoms with Crippen molar-refractivity contribution in [2.75, 3.05) is 13.2 Å². The molecule has 0 amide bonds. The fraction of sp³-hybridized carbons (Fsp3) is 0.259. The summed E-state index contributed by atoms with van der Waals surface area (Å²) < 4.78 is 16.3. The maximum Gasteiger partial charge on any atom is 0.313 e. The summed E-state index contributed by atoms with van der Waals surface area (Å²) in [6.07, 6.45) is -0.191. The molecular weight excluding hydrogens is 614 g/mol. The summed E-state index contributed by atoms with van der Waals surface area (Å²) in [4.78, 5) is 26.4. The fourth-order valence-electron chi connectivity index (χ4n) is 3.93. The Morgan fingerprint density at radius 2 is 1.47 bits per heavy atom. The van der Waals surface area contributed by atoms with E-state index in [1.807, 2.05) is 79.7 Å². The molecule has 0 spiro atoms. The number of esters is 1. The second-order valence-corrected chi connectivity index (χ2v) is 9.66. The number of benzene rings is 3. The molecule has 190 valence electrons. The number of rotatable bonds is 12. The van der Waals surface area contributed by atoms with Crippen molar-refractivity contribution >= 4 is 55.9 Å². The molecule has 9 heteroatoms. The average molecular weight is 640 g/mol. The molecule has 0 aromatic heterocycles. The van der Waals surface area contributed by atoms with E-state index in [0.717, 1.165) is 5.56 Å². The standard InChI is InChI=1S/C27H26Br2ClNO5/c1-18-11-13-21(14-12-18)27(20-7-3-2-4-8-20,22-9-5-6-10-23(22)30)36-26(33)19(16-34-28)15-25(32)24(31)17-35-29/h2-14,19,24H,15-17,31H2,1H3. The summed E-state index contributed by atoms with van der Waals surface area (Å²) in [5.41, 5.74) is 7.53. The Balaban J connectivity index is 2.15. The summed E-state index contributed by atoms with van der Waals surface area (Å²) in [6, 6.07) is 23.4. The fourth-order valence-corrected chi connectivity index (χ4v) is 4.81. The molecule has 0 aliphatic rings. The third-order valence-corrected chi connectivity index (χ3v) is 6.70. The summed E-state index contributed by atoms with van der Waals surface area (Å²) in [6.45, 7) is 1.84. The molecule has 6 nitrogen and oxygen atoms in total. The van der Waals surface area contributed by atoms with Crippen LogP contribution in [0.15, 0.2) is 78.9 Å². The molecule has 0 saturated carbocycles. The van der Waals surface area contributed by atoms with Gasteiger partial charge in [-0.15, -0.1) is 0 Å². The van der Waals surface area contributed by atoms with E-state index < -0.39 is 23.5 Å². The molecule has 3 aromatic carbocycles. The van der Waals surface area contributed by atoms with E-state index >= 15 is 0 Å². The SMILES string of the molecule is Cc1ccc(C(OC(=O)C(COBr)CC(=O)C(N)COBr)(c2ccccc2)c2ccccc2Cl)cc1. The maximum absolute atomic E-state index is 13.8. The number of nitrogens with two attached hydrogens (primary N) is 1. The zero-order chi connectivity index (χ0) is 26.1. The van der Waals surface area contributed by atoms with E-state index in [1.165, 1.54) is 0 Å². The molecule has 0 radical (unpaired) electrons. The van der Waals surface area contributed by atoms with Crippen LogP contribution in [0, 0.1) is 12.8 Å². The lowest BCUT2D eigenvalue weighted by Crippen LogP contribution is -2.41. The van der Waals surface area contributed by atoms with Gasteiger partial charge < -0.3 is 18.1 Å². The second kappa shape index (κ2) is 13.5. The number of hydrogen-bond donors (Lipinski definition) is 1. The van der Waals surface area contributed by atoms with Crippen LogP contribution in [0.25, 0.3) is 0 Å². The van der Waals surface area contributed by atoms with E-state index in [2.05, 4.69) is 32.5 Å². The largest absolute Gasteiger partial charge is 0.444 e. The van der Waals surface area contributed by atoms with Crippen LogP contribution < -0.4 is 5.73 Å². The molecule has 0 fully saturated rings. The van der Waals surface area contributed by atoms with Crippen molar-refractivity contribution in [1.82, 2.24) is 0 Å². The Bertz CT molecular complexity index is 1160. The first-order valence-electron chi connectivity index (χ1n) is 11.2. The molecule has 2 N–H and O–H groups in total. The normalized spacial score (nSPS) is 14.5. The predicted octanol–water partition coefficient (Wildman–Crippen LogP) is 6.04. The summed E-state index contributed by atoms with van der Waals surface area (Å²) in [5, 5.41) is 0.426. The van der Waals surface area contributed by atoms with Crippen molar-refractivity contribution < 1.29 is 22.0 Å². The van der Waals surface area contributed by atoms with Crippen molar-refractivity contribution in [3.63, 3.8) is 0 Å². The van der Waals surface area contributed by atoms with Gasteiger partial charge in [0.15, 0.2) is 11.4 Å². The zero-order valence-electron chi connectivity index (χ0n) is 19.5. The first-order valence-corrected chi connectivity index (χ1v) is 12.9. The smallest absolute Gasteiger partial charge is 0.313 e. The molecule has 3 atom stereocenters. The lowest BCUT2D eigenvalue weighted by Gasteiger charge is -2.37. The molecular formula is C27H26Br2ClNO5. The van der Waals surface area contributed by atoms with E-state index in [1.54, 1.807) is 6.07 Å². The minimum absolute atomic E-state index is 0.0350. The van der Waals surface area contributed by atoms with Crippen LogP contribution in [0.4, 0.5) is 0 Å². The minimum atomic E-state index is -1.39. The Morgan fingerprint density at radius 3 is 2.08 bits per heavy atom. The van der Waals surface area contributed by atoms with Gasteiger partial charge in [-0.3, -0.25) is 9.59 Å². The lowest BCUT2D eigenvalue weighted by atomic mass is 9.79. The first kappa shape index (κ1) is 28.5. The number of ketones is 1. The van der Waals surface area contributed by atoms with Crippen LogP contribution >= 0.6 is 44.1 Å². The quantitative estimate of drug-likeness (QED) is 0.192. The number of carbonyl (C=O) groups is 2. The number of Topliss-reactive ketones (excluding diaryl/α,β-unsaturated/α-hetero) is 1. The van der Waals surface area contributed by atoms with Crippen LogP contribution in [0.5, 0.6) is 0 Å². The Hall–Kier alpha value is -2.07. The number of halogens is 3. The van der Waals surface area contributed by atoms with Gasteiger partial charge in [0.1, 0.15) is 0 Å². The highest BCUT2D eigenvalue weighted by molar-refractivity contribution is 9.06. The Morgan fingerprint density at radius 1 is 0.889 bits per heavy atom. The van der Waals surface area contributed by atoms with Crippen LogP contribution in [0.1, 0.15) is 28.7 Å². The van der Waals surface area contributed by atoms with Gasteiger partial charge in [0.05, 0.1) is 57.7 Å². The topological polar surface area (TPSA) is 87.9 Å². The number of ether oxygens (including phenoxy) is 1. The van der Waals surface area contributed by atoms with Crippen molar-refractivity contribution in [3.8, 4) is 0 Å². The molecule has 3 unspecified atom stereocenters. The van der Waals surface area contributed by atoms with Crippen molar-refractivity contribution in [2.24, 2.45) is 11.7 Å². The van der Waals surface area contributed by atoms with E-state index in [0.29, 0.717) is 21.7 Å². The number of aryl methyl sites for hydroxylation is 1. The van der Waals surface area contributed by atoms with Crippen molar-refractivity contribution in [3.05, 3.63) is 106 Å². The molecule has 0 heterocycles. The third kappa shape index (κ3) is 6.62. The average Bonchev–Trinajstić information content (AvgIpc) is 2.88. The van der Waals surface area contributed by atoms with Gasteiger partial charge in [0, 0.05) is 28.1 Å². The molecule has 0 bridgehead atoms. The third-order valence-electron chi connectivity index (χ3n) is 5.85. The number of carbonyl (C=O) groups excluding carboxylic acids is 2. The summed E-state index contributed by atoms with van der Waals surface area (Å²) >= 11 is 12.4. The lowest BCUT2D eigenvalue weighted by molar-refractivity contribution is -0.160. The van der Waals surface area contributed by atoms with Gasteiger partial charge in [-0.2, -0.15) is 0 Å². The van der Waals surface area contributed by atoms with E-state index in [4.69, 9.17) is 29.7 Å². The Kier molecular flexibility index (Phi) is 10.7. The predicted molar refractivity (Wildman–Crippen MR) is 146 cm³/mol. The van der Waals surface area contributed by atoms with Gasteiger partial charge in [-0.25, -0.2) is 0 Å². The maximum atomic E-state index is 13.8. The molecule has 0 aliphatic heterocycles. The van der Waals surface area contributed by atoms with Crippen LogP contribution in [-0.4, -0.2) is 31.0 Å². The van der Waals surface area contributed by atoms with Gasteiger partial charge in [0.2, 0.25) is 0 Å². The number of hydrogen-bond acceptors (Lipinski definition) is 6. The molecule has 0 saturated heterocycles. The first-order chi connectivity index (χ1) is 17.3. The van der Waals surface area contributed by atoms with E-state index in [-0.39, 0.29) is 25.4 Å². The summed E-state index contributed by atoms with van der Waals surface area (Å²) in [5.74, 6) is -1.94. The van der Waals surface area contributed by atoms with Gasteiger partial charge >= 0.3 is 5.97 Å². The second-order valence-electron chi connectivity index (χ2n) is 8.34.